The van der Waals surface area contributed by atoms with Crippen molar-refractivity contribution in [2.24, 2.45) is 0 Å². The molecular formula is C17H19IN2O2S. The first-order valence-electron chi connectivity index (χ1n) is 7.60. The van der Waals surface area contributed by atoms with E-state index in [1.807, 2.05) is 29.6 Å². The summed E-state index contributed by atoms with van der Waals surface area (Å²) < 4.78 is 1.11. The van der Waals surface area contributed by atoms with Crippen molar-refractivity contribution in [3.8, 4) is 0 Å². The summed E-state index contributed by atoms with van der Waals surface area (Å²) >= 11 is 3.79. The van der Waals surface area contributed by atoms with Crippen LogP contribution in [0.15, 0.2) is 41.8 Å². The Hall–Kier alpha value is -0.960. The first-order chi connectivity index (χ1) is 11.1. The van der Waals surface area contributed by atoms with E-state index >= 15 is 0 Å². The number of rotatable bonds is 5. The number of carbonyl (C=O) groups is 1. The molecule has 23 heavy (non-hydrogen) atoms. The van der Waals surface area contributed by atoms with E-state index in [9.17, 15) is 9.90 Å². The predicted molar refractivity (Wildman–Crippen MR) is 101 cm³/mol. The maximum absolute atomic E-state index is 12.2. The molecule has 1 aliphatic rings. The molecule has 0 aliphatic carbocycles. The molecule has 2 N–H and O–H groups in total. The first-order valence-corrected chi connectivity index (χ1v) is 9.56. The van der Waals surface area contributed by atoms with Gasteiger partial charge in [-0.3, -0.25) is 9.69 Å². The third-order valence-electron chi connectivity index (χ3n) is 4.06. The van der Waals surface area contributed by atoms with Gasteiger partial charge in [0.15, 0.2) is 0 Å². The average Bonchev–Trinajstić information content (AvgIpc) is 3.12. The van der Waals surface area contributed by atoms with E-state index in [1.54, 1.807) is 11.3 Å². The van der Waals surface area contributed by atoms with Crippen molar-refractivity contribution in [2.75, 3.05) is 13.1 Å². The number of benzene rings is 1. The highest BCUT2D eigenvalue weighted by atomic mass is 127. The van der Waals surface area contributed by atoms with E-state index in [1.165, 1.54) is 5.56 Å². The number of β-amino-alcohol motifs (C(OH)–C–C–N with tert-alkyl or cyclic N) is 1. The minimum absolute atomic E-state index is 0.0368. The predicted octanol–water partition coefficient (Wildman–Crippen LogP) is 2.72. The van der Waals surface area contributed by atoms with Gasteiger partial charge in [0.2, 0.25) is 0 Å². The molecule has 1 aromatic carbocycles. The summed E-state index contributed by atoms with van der Waals surface area (Å²) in [6, 6.07) is 12.3. The van der Waals surface area contributed by atoms with Crippen molar-refractivity contribution < 1.29 is 9.90 Å². The minimum Gasteiger partial charge on any atom is -0.392 e. The molecule has 1 aromatic heterocycles. The van der Waals surface area contributed by atoms with Gasteiger partial charge in [-0.2, -0.15) is 0 Å². The van der Waals surface area contributed by atoms with Gasteiger partial charge < -0.3 is 10.4 Å². The highest BCUT2D eigenvalue weighted by Gasteiger charge is 2.31. The number of hydrogen-bond donors (Lipinski definition) is 2. The van der Waals surface area contributed by atoms with Crippen LogP contribution in [0.3, 0.4) is 0 Å². The molecule has 0 unspecified atom stereocenters. The van der Waals surface area contributed by atoms with E-state index in [4.69, 9.17) is 0 Å². The number of thiophene rings is 1. The van der Waals surface area contributed by atoms with Crippen LogP contribution in [0.2, 0.25) is 0 Å². The second-order valence-electron chi connectivity index (χ2n) is 5.81. The maximum atomic E-state index is 12.2. The van der Waals surface area contributed by atoms with Crippen LogP contribution in [0, 0.1) is 2.88 Å². The second kappa shape index (κ2) is 7.74. The normalized spacial score (nSPS) is 21.5. The lowest BCUT2D eigenvalue weighted by Crippen LogP contribution is -2.39. The van der Waals surface area contributed by atoms with Crippen molar-refractivity contribution in [2.45, 2.75) is 25.1 Å². The van der Waals surface area contributed by atoms with Crippen molar-refractivity contribution in [1.82, 2.24) is 10.2 Å². The van der Waals surface area contributed by atoms with Crippen LogP contribution in [-0.4, -0.2) is 41.1 Å². The SMILES string of the molecule is O=C(NC[C@@H]1C[C@@H](O)CN1Cc1ccccc1)c1csc(I)c1. The average molecular weight is 442 g/mol. The van der Waals surface area contributed by atoms with Gasteiger partial charge in [0.1, 0.15) is 0 Å². The van der Waals surface area contributed by atoms with Crippen molar-refractivity contribution in [3.05, 3.63) is 55.8 Å². The standard InChI is InChI=1S/C17H19IN2O2S/c18-16-6-13(11-23-16)17(22)19-8-14-7-15(21)10-20(14)9-12-4-2-1-3-5-12/h1-6,11,14-15,21H,7-10H2,(H,19,22)/t14-,15+/m0/s1. The fourth-order valence-electron chi connectivity index (χ4n) is 2.92. The third-order valence-corrected chi connectivity index (χ3v) is 5.85. The molecule has 0 radical (unpaired) electrons. The zero-order chi connectivity index (χ0) is 16.2. The highest BCUT2D eigenvalue weighted by Crippen LogP contribution is 2.21. The number of amides is 1. The minimum atomic E-state index is -0.317. The molecule has 1 fully saturated rings. The summed E-state index contributed by atoms with van der Waals surface area (Å²) in [5, 5.41) is 14.9. The van der Waals surface area contributed by atoms with Gasteiger partial charge in [0, 0.05) is 31.1 Å². The molecule has 1 aliphatic heterocycles. The van der Waals surface area contributed by atoms with Crippen LogP contribution >= 0.6 is 33.9 Å². The lowest BCUT2D eigenvalue weighted by Gasteiger charge is -2.24. The first kappa shape index (κ1) is 16.9. The van der Waals surface area contributed by atoms with Crippen LogP contribution in [0.1, 0.15) is 22.3 Å². The third kappa shape index (κ3) is 4.53. The summed E-state index contributed by atoms with van der Waals surface area (Å²) in [6.07, 6.45) is 0.386. The van der Waals surface area contributed by atoms with Crippen LogP contribution in [0.5, 0.6) is 0 Å². The van der Waals surface area contributed by atoms with Crippen molar-refractivity contribution in [3.63, 3.8) is 0 Å². The van der Waals surface area contributed by atoms with Crippen LogP contribution in [0.4, 0.5) is 0 Å². The Bertz CT molecular complexity index is 662. The van der Waals surface area contributed by atoms with Gasteiger partial charge in [-0.05, 0) is 40.6 Å². The lowest BCUT2D eigenvalue weighted by molar-refractivity contribution is 0.0940. The molecule has 3 rings (SSSR count). The molecule has 0 saturated carbocycles. The molecule has 6 heteroatoms. The number of halogens is 1. The Morgan fingerprint density at radius 3 is 2.87 bits per heavy atom. The number of likely N-dealkylation sites (tertiary alicyclic amines) is 1. The fraction of sp³-hybridized carbons (Fsp3) is 0.353. The summed E-state index contributed by atoms with van der Waals surface area (Å²) in [4.78, 5) is 14.4. The number of carbonyl (C=O) groups excluding carboxylic acids is 1. The Labute approximate surface area is 153 Å². The van der Waals surface area contributed by atoms with Gasteiger partial charge in [-0.15, -0.1) is 11.3 Å². The quantitative estimate of drug-likeness (QED) is 0.701. The highest BCUT2D eigenvalue weighted by molar-refractivity contribution is 14.1. The molecule has 0 bridgehead atoms. The number of nitrogens with one attached hydrogen (secondary N) is 1. The Morgan fingerprint density at radius 2 is 2.17 bits per heavy atom. The van der Waals surface area contributed by atoms with Gasteiger partial charge in [-0.1, -0.05) is 30.3 Å². The Kier molecular flexibility index (Phi) is 5.68. The smallest absolute Gasteiger partial charge is 0.252 e. The van der Waals surface area contributed by atoms with E-state index in [0.29, 0.717) is 25.1 Å². The number of aliphatic hydroxyl groups excluding tert-OH is 1. The summed E-state index contributed by atoms with van der Waals surface area (Å²) in [6.45, 7) is 2.02. The second-order valence-corrected chi connectivity index (χ2v) is 8.61. The number of hydrogen-bond acceptors (Lipinski definition) is 4. The fourth-order valence-corrected chi connectivity index (χ4v) is 4.25. The molecule has 1 amide bonds. The van der Waals surface area contributed by atoms with E-state index in [2.05, 4.69) is 44.9 Å². The molecule has 122 valence electrons. The van der Waals surface area contributed by atoms with Gasteiger partial charge >= 0.3 is 0 Å². The lowest BCUT2D eigenvalue weighted by atomic mass is 10.1. The molecule has 2 heterocycles. The van der Waals surface area contributed by atoms with Gasteiger partial charge in [0.05, 0.1) is 14.6 Å². The van der Waals surface area contributed by atoms with Crippen LogP contribution in [0.25, 0.3) is 0 Å². The maximum Gasteiger partial charge on any atom is 0.252 e. The number of aliphatic hydroxyl groups is 1. The van der Waals surface area contributed by atoms with E-state index in [-0.39, 0.29) is 18.1 Å². The topological polar surface area (TPSA) is 52.6 Å². The summed E-state index contributed by atoms with van der Waals surface area (Å²) in [7, 11) is 0. The molecule has 1 saturated heterocycles. The monoisotopic (exact) mass is 442 g/mol. The zero-order valence-electron chi connectivity index (χ0n) is 12.6. The molecule has 0 spiro atoms. The van der Waals surface area contributed by atoms with E-state index in [0.717, 1.165) is 9.43 Å². The van der Waals surface area contributed by atoms with Gasteiger partial charge in [0.25, 0.3) is 5.91 Å². The molecular weight excluding hydrogens is 423 g/mol. The molecule has 2 atom stereocenters. The molecule has 4 nitrogen and oxygen atoms in total. The Morgan fingerprint density at radius 1 is 1.39 bits per heavy atom. The number of nitrogens with zero attached hydrogens (tertiary/aromatic N) is 1. The van der Waals surface area contributed by atoms with Crippen molar-refractivity contribution in [1.29, 1.82) is 0 Å². The van der Waals surface area contributed by atoms with E-state index < -0.39 is 0 Å². The van der Waals surface area contributed by atoms with Crippen LogP contribution < -0.4 is 5.32 Å². The molecule has 2 aromatic rings. The van der Waals surface area contributed by atoms with Crippen molar-refractivity contribution >= 4 is 39.8 Å². The van der Waals surface area contributed by atoms with Crippen LogP contribution in [-0.2, 0) is 6.54 Å². The Balaban J connectivity index is 1.58. The summed E-state index contributed by atoms with van der Waals surface area (Å²) in [5.41, 5.74) is 1.94. The summed E-state index contributed by atoms with van der Waals surface area (Å²) in [5.74, 6) is -0.0368. The van der Waals surface area contributed by atoms with Gasteiger partial charge in [-0.25, -0.2) is 0 Å². The zero-order valence-corrected chi connectivity index (χ0v) is 15.6. The largest absolute Gasteiger partial charge is 0.392 e.